The number of methoxy groups -OCH3 is 1. The Balaban J connectivity index is 1.73. The Morgan fingerprint density at radius 1 is 1.20 bits per heavy atom. The zero-order valence-electron chi connectivity index (χ0n) is 15.0. The second kappa shape index (κ2) is 8.21. The smallest absolute Gasteiger partial charge is 0.268 e. The minimum Gasteiger partial charge on any atom is -0.497 e. The molecule has 1 aromatic heterocycles. The second-order valence-corrected chi connectivity index (χ2v) is 6.63. The monoisotopic (exact) mass is 341 g/mol. The third-order valence-electron chi connectivity index (χ3n) is 4.97. The molecule has 1 aromatic carbocycles. The summed E-state index contributed by atoms with van der Waals surface area (Å²) in [5.74, 6) is 0.810. The highest BCUT2D eigenvalue weighted by atomic mass is 16.5. The Morgan fingerprint density at radius 3 is 2.52 bits per heavy atom. The molecular formula is C20H27N3O2. The molecule has 5 nitrogen and oxygen atoms in total. The molecule has 134 valence electrons. The maximum Gasteiger partial charge on any atom is 0.268 e. The number of ether oxygens (including phenoxy) is 1. The maximum atomic E-state index is 12.5. The van der Waals surface area contributed by atoms with Gasteiger partial charge in [0.25, 0.3) is 5.91 Å². The van der Waals surface area contributed by atoms with Crippen molar-refractivity contribution >= 4 is 5.91 Å². The molecule has 0 saturated carbocycles. The van der Waals surface area contributed by atoms with Crippen LogP contribution in [0.3, 0.4) is 0 Å². The molecule has 1 fully saturated rings. The van der Waals surface area contributed by atoms with E-state index in [-0.39, 0.29) is 11.9 Å². The number of hydrogen-bond donors (Lipinski definition) is 2. The van der Waals surface area contributed by atoms with Gasteiger partial charge >= 0.3 is 0 Å². The van der Waals surface area contributed by atoms with Crippen LogP contribution in [0.5, 0.6) is 5.75 Å². The summed E-state index contributed by atoms with van der Waals surface area (Å²) in [6.07, 6.45) is 5.53. The summed E-state index contributed by atoms with van der Waals surface area (Å²) < 4.78 is 5.27. The zero-order valence-corrected chi connectivity index (χ0v) is 15.0. The fourth-order valence-electron chi connectivity index (χ4n) is 3.48. The molecule has 1 atom stereocenters. The number of amides is 1. The largest absolute Gasteiger partial charge is 0.497 e. The van der Waals surface area contributed by atoms with Gasteiger partial charge in [-0.1, -0.05) is 18.6 Å². The first-order valence-corrected chi connectivity index (χ1v) is 8.99. The fourth-order valence-corrected chi connectivity index (χ4v) is 3.48. The molecule has 1 saturated heterocycles. The Morgan fingerprint density at radius 2 is 1.92 bits per heavy atom. The molecule has 25 heavy (non-hydrogen) atoms. The van der Waals surface area contributed by atoms with E-state index >= 15 is 0 Å². The molecule has 0 bridgehead atoms. The third kappa shape index (κ3) is 4.23. The first-order valence-electron chi connectivity index (χ1n) is 8.99. The third-order valence-corrected chi connectivity index (χ3v) is 4.97. The van der Waals surface area contributed by atoms with Gasteiger partial charge in [0.2, 0.25) is 0 Å². The lowest BCUT2D eigenvalue weighted by Gasteiger charge is -2.35. The molecule has 2 aromatic rings. The summed E-state index contributed by atoms with van der Waals surface area (Å²) in [6.45, 7) is 4.70. The molecule has 2 N–H and O–H groups in total. The number of benzene rings is 1. The van der Waals surface area contributed by atoms with E-state index in [1.807, 2.05) is 25.1 Å². The van der Waals surface area contributed by atoms with Crippen LogP contribution < -0.4 is 10.1 Å². The predicted molar refractivity (Wildman–Crippen MR) is 99.0 cm³/mol. The number of carbonyl (C=O) groups is 1. The zero-order chi connectivity index (χ0) is 17.6. The van der Waals surface area contributed by atoms with E-state index in [1.54, 1.807) is 13.3 Å². The van der Waals surface area contributed by atoms with Crippen LogP contribution in [0.1, 0.15) is 46.9 Å². The topological polar surface area (TPSA) is 57.4 Å². The Kier molecular flexibility index (Phi) is 5.76. The Hall–Kier alpha value is -2.27. The van der Waals surface area contributed by atoms with Gasteiger partial charge in [-0.25, -0.2) is 0 Å². The number of H-pyrrole nitrogens is 1. The lowest BCUT2D eigenvalue weighted by molar-refractivity contribution is 0.0919. The van der Waals surface area contributed by atoms with Crippen LogP contribution in [-0.2, 0) is 0 Å². The number of nitrogens with zero attached hydrogens (tertiary/aromatic N) is 1. The second-order valence-electron chi connectivity index (χ2n) is 6.63. The van der Waals surface area contributed by atoms with Gasteiger partial charge in [-0.05, 0) is 62.2 Å². The number of aromatic amines is 1. The van der Waals surface area contributed by atoms with Crippen molar-refractivity contribution in [2.75, 3.05) is 26.7 Å². The lowest BCUT2D eigenvalue weighted by Crippen LogP contribution is -2.40. The van der Waals surface area contributed by atoms with Crippen LogP contribution >= 0.6 is 0 Å². The summed E-state index contributed by atoms with van der Waals surface area (Å²) in [5, 5.41) is 3.11. The first kappa shape index (κ1) is 17.5. The van der Waals surface area contributed by atoms with Crippen LogP contribution in [0.15, 0.2) is 36.5 Å². The Bertz CT molecular complexity index is 687. The van der Waals surface area contributed by atoms with Gasteiger partial charge in [0.15, 0.2) is 0 Å². The summed E-state index contributed by atoms with van der Waals surface area (Å²) in [4.78, 5) is 18.0. The number of piperidine rings is 1. The van der Waals surface area contributed by atoms with Gasteiger partial charge in [-0.15, -0.1) is 0 Å². The van der Waals surface area contributed by atoms with Crippen LogP contribution in [0.2, 0.25) is 0 Å². The number of nitrogens with one attached hydrogen (secondary N) is 2. The molecule has 5 heteroatoms. The Labute approximate surface area is 149 Å². The highest BCUT2D eigenvalue weighted by Crippen LogP contribution is 2.26. The highest BCUT2D eigenvalue weighted by Gasteiger charge is 2.23. The quantitative estimate of drug-likeness (QED) is 0.848. The van der Waals surface area contributed by atoms with Crippen LogP contribution in [0.25, 0.3) is 0 Å². The molecule has 1 aliphatic heterocycles. The number of aromatic nitrogens is 1. The van der Waals surface area contributed by atoms with Crippen LogP contribution in [0.4, 0.5) is 0 Å². The van der Waals surface area contributed by atoms with Gasteiger partial charge in [-0.3, -0.25) is 9.69 Å². The molecular weight excluding hydrogens is 314 g/mol. The first-order chi connectivity index (χ1) is 12.2. The standard InChI is InChI=1S/C20H27N3O2/c1-15-10-11-21-19(15)20(24)22-14-18(23-12-4-3-5-13-23)16-6-8-17(25-2)9-7-16/h6-11,18,21H,3-5,12-14H2,1-2H3,(H,22,24). The van der Waals surface area contributed by atoms with E-state index in [0.29, 0.717) is 12.2 Å². The van der Waals surface area contributed by atoms with Crippen LogP contribution in [0, 0.1) is 6.92 Å². The van der Waals surface area contributed by atoms with E-state index in [1.165, 1.54) is 24.8 Å². The molecule has 0 aliphatic carbocycles. The average molecular weight is 341 g/mol. The number of carbonyl (C=O) groups excluding carboxylic acids is 1. The van der Waals surface area contributed by atoms with E-state index in [0.717, 1.165) is 24.4 Å². The number of aryl methyl sites for hydroxylation is 1. The van der Waals surface area contributed by atoms with Crippen molar-refractivity contribution in [2.45, 2.75) is 32.2 Å². The van der Waals surface area contributed by atoms with Gasteiger partial charge in [0.05, 0.1) is 13.2 Å². The summed E-state index contributed by atoms with van der Waals surface area (Å²) in [7, 11) is 1.68. The van der Waals surface area contributed by atoms with Crippen molar-refractivity contribution in [3.63, 3.8) is 0 Å². The molecule has 0 radical (unpaired) electrons. The fraction of sp³-hybridized carbons (Fsp3) is 0.450. The lowest BCUT2D eigenvalue weighted by atomic mass is 10.0. The van der Waals surface area contributed by atoms with Crippen molar-refractivity contribution in [1.82, 2.24) is 15.2 Å². The molecule has 2 heterocycles. The van der Waals surface area contributed by atoms with Crippen molar-refractivity contribution in [3.8, 4) is 5.75 Å². The van der Waals surface area contributed by atoms with Crippen molar-refractivity contribution in [1.29, 1.82) is 0 Å². The van der Waals surface area contributed by atoms with E-state index < -0.39 is 0 Å². The number of hydrogen-bond acceptors (Lipinski definition) is 3. The summed E-state index contributed by atoms with van der Waals surface area (Å²) >= 11 is 0. The summed E-state index contributed by atoms with van der Waals surface area (Å²) in [6, 6.07) is 10.3. The normalized spacial score (nSPS) is 16.4. The van der Waals surface area contributed by atoms with Gasteiger partial charge in [0.1, 0.15) is 11.4 Å². The molecule has 0 spiro atoms. The van der Waals surface area contributed by atoms with Gasteiger partial charge in [-0.2, -0.15) is 0 Å². The van der Waals surface area contributed by atoms with Crippen LogP contribution in [-0.4, -0.2) is 42.5 Å². The van der Waals surface area contributed by atoms with Crippen molar-refractivity contribution < 1.29 is 9.53 Å². The van der Waals surface area contributed by atoms with E-state index in [9.17, 15) is 4.79 Å². The molecule has 3 rings (SSSR count). The minimum absolute atomic E-state index is 0.0435. The minimum atomic E-state index is -0.0435. The van der Waals surface area contributed by atoms with Crippen molar-refractivity contribution in [3.05, 3.63) is 53.3 Å². The van der Waals surface area contributed by atoms with Crippen molar-refractivity contribution in [2.24, 2.45) is 0 Å². The summed E-state index contributed by atoms with van der Waals surface area (Å²) in [5.41, 5.74) is 2.83. The molecule has 1 unspecified atom stereocenters. The van der Waals surface area contributed by atoms with Gasteiger partial charge < -0.3 is 15.0 Å². The average Bonchev–Trinajstić information content (AvgIpc) is 3.09. The maximum absolute atomic E-state index is 12.5. The van der Waals surface area contributed by atoms with E-state index in [4.69, 9.17) is 4.74 Å². The SMILES string of the molecule is COc1ccc(C(CNC(=O)c2[nH]ccc2C)N2CCCCC2)cc1. The number of rotatable bonds is 6. The molecule has 1 amide bonds. The van der Waals surface area contributed by atoms with E-state index in [2.05, 4.69) is 27.3 Å². The van der Waals surface area contributed by atoms with Gasteiger partial charge in [0, 0.05) is 12.7 Å². The highest BCUT2D eigenvalue weighted by molar-refractivity contribution is 5.93. The predicted octanol–water partition coefficient (Wildman–Crippen LogP) is 3.29. The molecule has 1 aliphatic rings. The number of likely N-dealkylation sites (tertiary alicyclic amines) is 1.